The number of carbonyl (C=O) groups is 1. The number of nitrogens with one attached hydrogen (secondary N) is 2. The highest BCUT2D eigenvalue weighted by Crippen LogP contribution is 2.42. The molecule has 1 aromatic carbocycles. The quantitative estimate of drug-likeness (QED) is 0.240. The van der Waals surface area contributed by atoms with E-state index in [1.165, 1.54) is 16.7 Å². The zero-order valence-corrected chi connectivity index (χ0v) is 22.5. The van der Waals surface area contributed by atoms with Crippen molar-refractivity contribution in [3.63, 3.8) is 0 Å². The highest BCUT2D eigenvalue weighted by atomic mass is 32.1. The van der Waals surface area contributed by atoms with Crippen LogP contribution in [0.4, 0.5) is 22.9 Å². The lowest BCUT2D eigenvalue weighted by atomic mass is 9.88. The molecule has 2 aromatic heterocycles. The molecule has 0 spiro atoms. The van der Waals surface area contributed by atoms with E-state index in [0.29, 0.717) is 30.3 Å². The van der Waals surface area contributed by atoms with Crippen LogP contribution >= 0.6 is 11.3 Å². The number of ether oxygens (including phenoxy) is 1. The Labute approximate surface area is 221 Å². The molecule has 3 aromatic rings. The van der Waals surface area contributed by atoms with Crippen LogP contribution in [-0.4, -0.2) is 66.9 Å². The van der Waals surface area contributed by atoms with Crippen molar-refractivity contribution in [2.45, 2.75) is 45.1 Å². The summed E-state index contributed by atoms with van der Waals surface area (Å²) in [5.74, 6) is 0.537. The fourth-order valence-corrected chi connectivity index (χ4v) is 6.79. The fourth-order valence-electron chi connectivity index (χ4n) is 5.52. The van der Waals surface area contributed by atoms with E-state index < -0.39 is 0 Å². The predicted octanol–water partition coefficient (Wildman–Crippen LogP) is 4.21. The monoisotopic (exact) mass is 521 g/mol. The topological polar surface area (TPSA) is 120 Å². The summed E-state index contributed by atoms with van der Waals surface area (Å²) in [5, 5.41) is 12.5. The summed E-state index contributed by atoms with van der Waals surface area (Å²) in [4.78, 5) is 28.4. The van der Waals surface area contributed by atoms with Gasteiger partial charge in [0.2, 0.25) is 0 Å². The molecule has 1 aliphatic carbocycles. The Bertz CT molecular complexity index is 1310. The smallest absolute Gasteiger partial charge is 0.309 e. The number of hydrogen-bond donors (Lipinski definition) is 3. The second kappa shape index (κ2) is 10.6. The molecular weight excluding hydrogens is 486 g/mol. The number of anilines is 4. The number of piperidine rings is 1. The number of fused-ring (bicyclic) bond motifs is 3. The molecule has 0 bridgehead atoms. The molecule has 196 valence electrons. The largest absolute Gasteiger partial charge is 0.466 e. The first-order valence-electron chi connectivity index (χ1n) is 12.9. The van der Waals surface area contributed by atoms with Crippen LogP contribution in [0.3, 0.4) is 0 Å². The van der Waals surface area contributed by atoms with Gasteiger partial charge >= 0.3 is 5.97 Å². The van der Waals surface area contributed by atoms with E-state index in [0.717, 1.165) is 66.2 Å². The number of carbonyl (C=O) groups excluding carboxylic acids is 1. The molecule has 1 saturated heterocycles. The number of nitrogens with two attached hydrogens (primary N) is 1. The zero-order chi connectivity index (χ0) is 26.1. The lowest BCUT2D eigenvalue weighted by Gasteiger charge is -2.37. The number of rotatable bonds is 7. The van der Waals surface area contributed by atoms with Crippen LogP contribution in [0.5, 0.6) is 0 Å². The van der Waals surface area contributed by atoms with Crippen molar-refractivity contribution in [2.75, 3.05) is 49.7 Å². The SMILES string of the molecule is CCOC(=O)[C@H]1CCc2c(sc3ncnc(Nc4cc(C=N)c(N)cc4N4CCC(N(C)C)CC4)c23)C1. The molecule has 0 saturated carbocycles. The van der Waals surface area contributed by atoms with E-state index >= 15 is 0 Å². The van der Waals surface area contributed by atoms with E-state index in [9.17, 15) is 4.79 Å². The van der Waals surface area contributed by atoms with Gasteiger partial charge in [0.15, 0.2) is 0 Å². The minimum atomic E-state index is -0.112. The number of aromatic nitrogens is 2. The number of aryl methyl sites for hydroxylation is 1. The third-order valence-corrected chi connectivity index (χ3v) is 8.77. The van der Waals surface area contributed by atoms with Gasteiger partial charge in [-0.15, -0.1) is 11.3 Å². The Morgan fingerprint density at radius 3 is 2.78 bits per heavy atom. The average molecular weight is 522 g/mol. The number of benzene rings is 1. The van der Waals surface area contributed by atoms with Crippen molar-refractivity contribution < 1.29 is 9.53 Å². The lowest BCUT2D eigenvalue weighted by molar-refractivity contribution is -0.148. The molecule has 5 rings (SSSR count). The maximum atomic E-state index is 12.4. The van der Waals surface area contributed by atoms with Gasteiger partial charge in [0.05, 0.1) is 29.3 Å². The summed E-state index contributed by atoms with van der Waals surface area (Å²) in [6.07, 6.45) is 7.27. The van der Waals surface area contributed by atoms with E-state index in [1.54, 1.807) is 17.7 Å². The molecule has 0 amide bonds. The van der Waals surface area contributed by atoms with Crippen LogP contribution in [0.2, 0.25) is 0 Å². The number of nitrogen functional groups attached to an aromatic ring is 1. The molecule has 9 nitrogen and oxygen atoms in total. The minimum Gasteiger partial charge on any atom is -0.466 e. The van der Waals surface area contributed by atoms with Crippen LogP contribution in [0.15, 0.2) is 18.5 Å². The van der Waals surface area contributed by atoms with Crippen LogP contribution in [0.1, 0.15) is 42.2 Å². The highest BCUT2D eigenvalue weighted by molar-refractivity contribution is 7.19. The molecule has 37 heavy (non-hydrogen) atoms. The molecule has 10 heteroatoms. The van der Waals surface area contributed by atoms with E-state index in [-0.39, 0.29) is 11.9 Å². The van der Waals surface area contributed by atoms with Crippen molar-refractivity contribution in [1.82, 2.24) is 14.9 Å². The normalized spacial score (nSPS) is 18.2. The van der Waals surface area contributed by atoms with Crippen LogP contribution in [-0.2, 0) is 22.4 Å². The molecule has 0 unspecified atom stereocenters. The highest BCUT2D eigenvalue weighted by Gasteiger charge is 2.30. The number of hydrogen-bond acceptors (Lipinski definition) is 10. The number of thiophene rings is 1. The second-order valence-electron chi connectivity index (χ2n) is 10.0. The van der Waals surface area contributed by atoms with Crippen LogP contribution < -0.4 is 16.0 Å². The summed E-state index contributed by atoms with van der Waals surface area (Å²) >= 11 is 1.64. The molecule has 0 radical (unpaired) electrons. The van der Waals surface area contributed by atoms with Crippen molar-refractivity contribution in [3.8, 4) is 0 Å². The Kier molecular flexibility index (Phi) is 7.30. The van der Waals surface area contributed by atoms with E-state index in [4.69, 9.17) is 15.9 Å². The summed E-state index contributed by atoms with van der Waals surface area (Å²) in [7, 11) is 4.28. The summed E-state index contributed by atoms with van der Waals surface area (Å²) in [6.45, 7) is 4.12. The first-order valence-corrected chi connectivity index (χ1v) is 13.8. The molecule has 4 N–H and O–H groups in total. The third kappa shape index (κ3) is 5.00. The van der Waals surface area contributed by atoms with Gasteiger partial charge in [0, 0.05) is 41.5 Å². The molecular formula is C27H35N7O2S. The fraction of sp³-hybridized carbons (Fsp3) is 0.481. The van der Waals surface area contributed by atoms with Gasteiger partial charge in [-0.2, -0.15) is 0 Å². The van der Waals surface area contributed by atoms with Gasteiger partial charge < -0.3 is 31.0 Å². The van der Waals surface area contributed by atoms with Crippen molar-refractivity contribution >= 4 is 56.6 Å². The van der Waals surface area contributed by atoms with Gasteiger partial charge in [-0.1, -0.05) is 0 Å². The molecule has 1 aliphatic heterocycles. The standard InChI is InChI=1S/C27H35N7O2S/c1-4-36-27(35)16-5-6-19-23(12-16)37-26-24(19)25(30-15-31-26)32-21-11-17(14-28)20(29)13-22(21)34-9-7-18(8-10-34)33(2)3/h11,13-16,18,28H,4-10,12,29H2,1-3H3,(H,30,31,32)/t16-/m0/s1. The zero-order valence-electron chi connectivity index (χ0n) is 21.7. The van der Waals surface area contributed by atoms with Crippen molar-refractivity contribution in [3.05, 3.63) is 34.5 Å². The van der Waals surface area contributed by atoms with Crippen molar-refractivity contribution in [1.29, 1.82) is 5.41 Å². The Hall–Kier alpha value is -3.24. The predicted molar refractivity (Wildman–Crippen MR) is 151 cm³/mol. The van der Waals surface area contributed by atoms with Gasteiger partial charge in [-0.3, -0.25) is 4.79 Å². The first kappa shape index (κ1) is 25.4. The Morgan fingerprint density at radius 1 is 1.30 bits per heavy atom. The van der Waals surface area contributed by atoms with Crippen molar-refractivity contribution in [2.24, 2.45) is 5.92 Å². The second-order valence-corrected chi connectivity index (χ2v) is 11.1. The van der Waals surface area contributed by atoms with Gasteiger partial charge in [-0.05, 0) is 70.8 Å². The number of esters is 1. The lowest BCUT2D eigenvalue weighted by Crippen LogP contribution is -2.42. The van der Waals surface area contributed by atoms with Gasteiger partial charge in [-0.25, -0.2) is 9.97 Å². The maximum Gasteiger partial charge on any atom is 0.309 e. The first-order chi connectivity index (χ1) is 17.9. The van der Waals surface area contributed by atoms with Gasteiger partial charge in [0.25, 0.3) is 0 Å². The Balaban J connectivity index is 1.49. The third-order valence-electron chi connectivity index (χ3n) is 7.61. The maximum absolute atomic E-state index is 12.4. The molecule has 3 heterocycles. The molecule has 2 aliphatic rings. The van der Waals surface area contributed by atoms with Crippen LogP contribution in [0.25, 0.3) is 10.2 Å². The molecule has 1 fully saturated rings. The summed E-state index contributed by atoms with van der Waals surface area (Å²) < 4.78 is 5.28. The van der Waals surface area contributed by atoms with Crippen LogP contribution in [0, 0.1) is 11.3 Å². The summed E-state index contributed by atoms with van der Waals surface area (Å²) in [6, 6.07) is 4.49. The van der Waals surface area contributed by atoms with E-state index in [2.05, 4.69) is 39.2 Å². The summed E-state index contributed by atoms with van der Waals surface area (Å²) in [5.41, 5.74) is 10.7. The van der Waals surface area contributed by atoms with Gasteiger partial charge in [0.1, 0.15) is 17.0 Å². The number of nitrogens with zero attached hydrogens (tertiary/aromatic N) is 4. The molecule has 1 atom stereocenters. The average Bonchev–Trinajstić information content (AvgIpc) is 3.28. The Morgan fingerprint density at radius 2 is 2.08 bits per heavy atom. The van der Waals surface area contributed by atoms with E-state index in [1.807, 2.05) is 19.1 Å². The minimum absolute atomic E-state index is 0.103.